The van der Waals surface area contributed by atoms with Crippen LogP contribution >= 0.6 is 0 Å². The molecule has 1 heterocycles. The van der Waals surface area contributed by atoms with Gasteiger partial charge in [-0.15, -0.1) is 0 Å². The summed E-state index contributed by atoms with van der Waals surface area (Å²) in [7, 11) is 1.75. The van der Waals surface area contributed by atoms with E-state index in [4.69, 9.17) is 4.74 Å². The molecule has 0 saturated carbocycles. The molecule has 0 bridgehead atoms. The van der Waals surface area contributed by atoms with Gasteiger partial charge in [0, 0.05) is 37.8 Å². The second-order valence-electron chi connectivity index (χ2n) is 6.84. The van der Waals surface area contributed by atoms with E-state index in [1.165, 1.54) is 16.7 Å². The van der Waals surface area contributed by atoms with Gasteiger partial charge in [-0.1, -0.05) is 56.3 Å². The first-order chi connectivity index (χ1) is 11.7. The molecule has 3 rings (SSSR count). The summed E-state index contributed by atoms with van der Waals surface area (Å²) in [5.41, 5.74) is 4.16. The topological polar surface area (TPSA) is 24.5 Å². The molecule has 0 radical (unpaired) electrons. The molecule has 3 nitrogen and oxygen atoms in total. The summed E-state index contributed by atoms with van der Waals surface area (Å²) in [5.74, 6) is 1.53. The third-order valence-electron chi connectivity index (χ3n) is 4.84. The van der Waals surface area contributed by atoms with Crippen molar-refractivity contribution in [1.29, 1.82) is 0 Å². The Labute approximate surface area is 145 Å². The molecule has 1 fully saturated rings. The molecule has 1 N–H and O–H groups in total. The van der Waals surface area contributed by atoms with E-state index in [-0.39, 0.29) is 0 Å². The summed E-state index contributed by atoms with van der Waals surface area (Å²) in [4.78, 5) is 2.52. The molecule has 0 amide bonds. The molecule has 2 aromatic carbocycles. The van der Waals surface area contributed by atoms with Crippen LogP contribution in [0.4, 0.5) is 0 Å². The van der Waals surface area contributed by atoms with E-state index in [1.807, 2.05) is 12.1 Å². The summed E-state index contributed by atoms with van der Waals surface area (Å²) in [5, 5.41) is 3.70. The monoisotopic (exact) mass is 324 g/mol. The zero-order chi connectivity index (χ0) is 16.9. The zero-order valence-corrected chi connectivity index (χ0v) is 15.0. The van der Waals surface area contributed by atoms with Crippen molar-refractivity contribution in [3.05, 3.63) is 65.2 Å². The van der Waals surface area contributed by atoms with Gasteiger partial charge >= 0.3 is 0 Å². The van der Waals surface area contributed by atoms with Crippen LogP contribution in [0.5, 0.6) is 5.75 Å². The van der Waals surface area contributed by atoms with E-state index < -0.39 is 0 Å². The largest absolute Gasteiger partial charge is 0.496 e. The second-order valence-corrected chi connectivity index (χ2v) is 6.84. The van der Waals surface area contributed by atoms with Crippen molar-refractivity contribution in [2.24, 2.45) is 0 Å². The van der Waals surface area contributed by atoms with Gasteiger partial charge in [0.2, 0.25) is 0 Å². The summed E-state index contributed by atoms with van der Waals surface area (Å²) in [6.07, 6.45) is 0. The Hall–Kier alpha value is -1.84. The Kier molecular flexibility index (Phi) is 5.54. The van der Waals surface area contributed by atoms with E-state index in [0.29, 0.717) is 12.0 Å². The predicted molar refractivity (Wildman–Crippen MR) is 99.5 cm³/mol. The maximum absolute atomic E-state index is 5.51. The van der Waals surface area contributed by atoms with Gasteiger partial charge in [-0.2, -0.15) is 0 Å². The smallest absolute Gasteiger partial charge is 0.123 e. The second kappa shape index (κ2) is 7.82. The molecule has 0 spiro atoms. The van der Waals surface area contributed by atoms with Crippen molar-refractivity contribution in [3.63, 3.8) is 0 Å². The van der Waals surface area contributed by atoms with Crippen molar-refractivity contribution in [2.45, 2.75) is 32.4 Å². The number of hydrogen-bond acceptors (Lipinski definition) is 3. The van der Waals surface area contributed by atoms with Crippen LogP contribution in [-0.4, -0.2) is 31.6 Å². The highest BCUT2D eigenvalue weighted by atomic mass is 16.5. The van der Waals surface area contributed by atoms with Crippen molar-refractivity contribution >= 4 is 0 Å². The molecule has 1 aliphatic rings. The van der Waals surface area contributed by atoms with E-state index in [1.54, 1.807) is 7.11 Å². The SMILES string of the molecule is COc1ccccc1CN1CCN[C@H](c2ccccc2C(C)C)C1. The van der Waals surface area contributed by atoms with Crippen molar-refractivity contribution < 1.29 is 4.74 Å². The first-order valence-corrected chi connectivity index (χ1v) is 8.85. The van der Waals surface area contributed by atoms with Crippen LogP contribution < -0.4 is 10.1 Å². The summed E-state index contributed by atoms with van der Waals surface area (Å²) >= 11 is 0. The number of methoxy groups -OCH3 is 1. The molecule has 2 aromatic rings. The Morgan fingerprint density at radius 2 is 1.88 bits per heavy atom. The van der Waals surface area contributed by atoms with Gasteiger partial charge in [-0.3, -0.25) is 4.90 Å². The lowest BCUT2D eigenvalue weighted by Crippen LogP contribution is -2.45. The molecular weight excluding hydrogens is 296 g/mol. The average molecular weight is 324 g/mol. The van der Waals surface area contributed by atoms with Crippen LogP contribution in [0.3, 0.4) is 0 Å². The number of nitrogens with zero attached hydrogens (tertiary/aromatic N) is 1. The normalized spacial score (nSPS) is 18.8. The number of rotatable bonds is 5. The lowest BCUT2D eigenvalue weighted by molar-refractivity contribution is 0.191. The zero-order valence-electron chi connectivity index (χ0n) is 15.0. The fraction of sp³-hybridized carbons (Fsp3) is 0.429. The summed E-state index contributed by atoms with van der Waals surface area (Å²) in [6, 6.07) is 17.6. The standard InChI is InChI=1S/C21H28N2O/c1-16(2)18-9-5-6-10-19(18)20-15-23(13-12-22-20)14-17-8-4-7-11-21(17)24-3/h4-11,16,20,22H,12-15H2,1-3H3/t20-/m0/s1. The van der Waals surface area contributed by atoms with Crippen molar-refractivity contribution in [1.82, 2.24) is 10.2 Å². The number of piperazine rings is 1. The van der Waals surface area contributed by atoms with Gasteiger partial charge in [0.25, 0.3) is 0 Å². The Balaban J connectivity index is 1.75. The number of hydrogen-bond donors (Lipinski definition) is 1. The minimum absolute atomic E-state index is 0.395. The Bertz CT molecular complexity index is 668. The van der Waals surface area contributed by atoms with Crippen molar-refractivity contribution in [3.8, 4) is 5.75 Å². The van der Waals surface area contributed by atoms with Crippen LogP contribution in [-0.2, 0) is 6.54 Å². The minimum atomic E-state index is 0.395. The minimum Gasteiger partial charge on any atom is -0.496 e. The summed E-state index contributed by atoms with van der Waals surface area (Å²) < 4.78 is 5.51. The third kappa shape index (κ3) is 3.80. The lowest BCUT2D eigenvalue weighted by Gasteiger charge is -2.35. The van der Waals surface area contributed by atoms with Crippen molar-refractivity contribution in [2.75, 3.05) is 26.7 Å². The third-order valence-corrected chi connectivity index (χ3v) is 4.84. The maximum atomic E-state index is 5.51. The van der Waals surface area contributed by atoms with E-state index >= 15 is 0 Å². The highest BCUT2D eigenvalue weighted by molar-refractivity contribution is 5.34. The fourth-order valence-corrected chi connectivity index (χ4v) is 3.59. The van der Waals surface area contributed by atoms with Crippen LogP contribution in [0, 0.1) is 0 Å². The number of para-hydroxylation sites is 1. The fourth-order valence-electron chi connectivity index (χ4n) is 3.59. The van der Waals surface area contributed by atoms with Gasteiger partial charge in [-0.05, 0) is 23.1 Å². The lowest BCUT2D eigenvalue weighted by atomic mass is 9.92. The molecule has 0 aliphatic carbocycles. The molecule has 0 unspecified atom stereocenters. The van der Waals surface area contributed by atoms with Gasteiger partial charge in [0.05, 0.1) is 7.11 Å². The highest BCUT2D eigenvalue weighted by Gasteiger charge is 2.23. The molecular formula is C21H28N2O. The highest BCUT2D eigenvalue weighted by Crippen LogP contribution is 2.28. The molecule has 3 heteroatoms. The Morgan fingerprint density at radius 3 is 2.67 bits per heavy atom. The maximum Gasteiger partial charge on any atom is 0.123 e. The van der Waals surface area contributed by atoms with E-state index in [9.17, 15) is 0 Å². The first-order valence-electron chi connectivity index (χ1n) is 8.85. The van der Waals surface area contributed by atoms with Gasteiger partial charge in [-0.25, -0.2) is 0 Å². The molecule has 1 aliphatic heterocycles. The van der Waals surface area contributed by atoms with Crippen LogP contribution in [0.2, 0.25) is 0 Å². The van der Waals surface area contributed by atoms with Crippen LogP contribution in [0.15, 0.2) is 48.5 Å². The van der Waals surface area contributed by atoms with Gasteiger partial charge in [0.1, 0.15) is 5.75 Å². The Morgan fingerprint density at radius 1 is 1.12 bits per heavy atom. The number of nitrogens with one attached hydrogen (secondary N) is 1. The molecule has 0 aromatic heterocycles. The molecule has 128 valence electrons. The summed E-state index contributed by atoms with van der Waals surface area (Å²) in [6.45, 7) is 8.60. The van der Waals surface area contributed by atoms with Gasteiger partial charge in [0.15, 0.2) is 0 Å². The van der Waals surface area contributed by atoms with Crippen LogP contribution in [0.1, 0.15) is 42.5 Å². The molecule has 1 saturated heterocycles. The quantitative estimate of drug-likeness (QED) is 0.901. The van der Waals surface area contributed by atoms with E-state index in [0.717, 1.165) is 31.9 Å². The number of ether oxygens (including phenoxy) is 1. The first kappa shape index (κ1) is 17.0. The van der Waals surface area contributed by atoms with Gasteiger partial charge < -0.3 is 10.1 Å². The van der Waals surface area contributed by atoms with Crippen LogP contribution in [0.25, 0.3) is 0 Å². The van der Waals surface area contributed by atoms with E-state index in [2.05, 4.69) is 60.5 Å². The average Bonchev–Trinajstić information content (AvgIpc) is 2.62. The molecule has 24 heavy (non-hydrogen) atoms. The predicted octanol–water partition coefficient (Wildman–Crippen LogP) is 3.97. The number of benzene rings is 2. The molecule has 1 atom stereocenters.